The van der Waals surface area contributed by atoms with Crippen LogP contribution >= 0.6 is 0 Å². The van der Waals surface area contributed by atoms with Crippen LogP contribution in [0.1, 0.15) is 39.0 Å². The van der Waals surface area contributed by atoms with Crippen LogP contribution in [0.3, 0.4) is 0 Å². The summed E-state index contributed by atoms with van der Waals surface area (Å²) < 4.78 is 26.5. The van der Waals surface area contributed by atoms with Gasteiger partial charge < -0.3 is 10.6 Å². The molecule has 6 nitrogen and oxygen atoms in total. The van der Waals surface area contributed by atoms with Crippen molar-refractivity contribution in [1.82, 2.24) is 15.4 Å². The number of aliphatic imine (C=N–C) groups is 1. The van der Waals surface area contributed by atoms with E-state index < -0.39 is 10.0 Å². The van der Waals surface area contributed by atoms with Crippen molar-refractivity contribution < 1.29 is 8.42 Å². The molecule has 22 heavy (non-hydrogen) atoms. The molecular weight excluding hydrogens is 300 g/mol. The lowest BCUT2D eigenvalue weighted by Crippen LogP contribution is -2.43. The fourth-order valence-corrected chi connectivity index (χ4v) is 3.51. The summed E-state index contributed by atoms with van der Waals surface area (Å²) in [4.78, 5) is 4.37. The molecule has 0 radical (unpaired) electrons. The average Bonchev–Trinajstić information content (AvgIpc) is 2.89. The van der Waals surface area contributed by atoms with Gasteiger partial charge in [-0.1, -0.05) is 18.6 Å². The van der Waals surface area contributed by atoms with E-state index in [0.717, 1.165) is 32.2 Å². The molecule has 0 bridgehead atoms. The number of nitrogens with one attached hydrogen (secondary N) is 3. The zero-order valence-corrected chi connectivity index (χ0v) is 14.2. The van der Waals surface area contributed by atoms with Gasteiger partial charge in [-0.25, -0.2) is 13.1 Å². The second kappa shape index (κ2) is 8.53. The fraction of sp³-hybridized carbons (Fsp3) is 0.800. The quantitative estimate of drug-likeness (QED) is 0.352. The van der Waals surface area contributed by atoms with Crippen LogP contribution in [0.2, 0.25) is 0 Å². The maximum Gasteiger partial charge on any atom is 0.213 e. The van der Waals surface area contributed by atoms with Gasteiger partial charge >= 0.3 is 0 Å². The highest BCUT2D eigenvalue weighted by atomic mass is 32.2. The average molecular weight is 328 g/mol. The largest absolute Gasteiger partial charge is 0.357 e. The first kappa shape index (κ1) is 17.3. The third kappa shape index (κ3) is 5.96. The third-order valence-electron chi connectivity index (χ3n) is 4.14. The van der Waals surface area contributed by atoms with Gasteiger partial charge in [-0.3, -0.25) is 4.99 Å². The van der Waals surface area contributed by atoms with Crippen LogP contribution in [0.15, 0.2) is 17.1 Å². The normalized spacial score (nSPS) is 20.1. The smallest absolute Gasteiger partial charge is 0.213 e. The molecular formula is C15H28N4O2S. The van der Waals surface area contributed by atoms with Gasteiger partial charge in [0.2, 0.25) is 10.0 Å². The van der Waals surface area contributed by atoms with Crippen molar-refractivity contribution in [2.24, 2.45) is 10.9 Å². The Balaban J connectivity index is 1.73. The van der Waals surface area contributed by atoms with Crippen LogP contribution in [-0.2, 0) is 10.0 Å². The molecule has 0 aliphatic heterocycles. The Labute approximate surface area is 133 Å². The Hall–Kier alpha value is -1.08. The van der Waals surface area contributed by atoms with Gasteiger partial charge in [0.25, 0.3) is 0 Å². The lowest BCUT2D eigenvalue weighted by atomic mass is 9.86. The van der Waals surface area contributed by atoms with E-state index in [4.69, 9.17) is 0 Å². The van der Waals surface area contributed by atoms with Gasteiger partial charge in [0.05, 0.1) is 12.3 Å². The van der Waals surface area contributed by atoms with Crippen LogP contribution in [0.4, 0.5) is 0 Å². The number of nitrogens with zero attached hydrogens (tertiary/aromatic N) is 1. The Morgan fingerprint density at radius 3 is 2.59 bits per heavy atom. The van der Waals surface area contributed by atoms with Gasteiger partial charge in [-0.15, -0.1) is 0 Å². The van der Waals surface area contributed by atoms with Crippen molar-refractivity contribution in [3.63, 3.8) is 0 Å². The van der Waals surface area contributed by atoms with Gasteiger partial charge in [0, 0.05) is 19.1 Å². The minimum absolute atomic E-state index is 0.0409. The molecule has 3 N–H and O–H groups in total. The summed E-state index contributed by atoms with van der Waals surface area (Å²) >= 11 is 0. The summed E-state index contributed by atoms with van der Waals surface area (Å²) in [5.74, 6) is 1.27. The van der Waals surface area contributed by atoms with E-state index in [1.54, 1.807) is 0 Å². The maximum atomic E-state index is 11.9. The van der Waals surface area contributed by atoms with E-state index in [2.05, 4.69) is 32.5 Å². The Kier molecular flexibility index (Phi) is 6.70. The van der Waals surface area contributed by atoms with E-state index in [0.29, 0.717) is 24.5 Å². The zero-order valence-electron chi connectivity index (χ0n) is 13.3. The third-order valence-corrected chi connectivity index (χ3v) is 5.47. The monoisotopic (exact) mass is 328 g/mol. The summed E-state index contributed by atoms with van der Waals surface area (Å²) in [6.45, 7) is 3.62. The number of rotatable bonds is 8. The van der Waals surface area contributed by atoms with E-state index >= 15 is 0 Å². The molecule has 0 amide bonds. The summed E-state index contributed by atoms with van der Waals surface area (Å²) in [7, 11) is -3.22. The fourth-order valence-electron chi connectivity index (χ4n) is 2.54. The number of guanidine groups is 1. The predicted octanol–water partition coefficient (Wildman–Crippen LogP) is 0.980. The second-order valence-corrected chi connectivity index (χ2v) is 7.94. The minimum atomic E-state index is -3.22. The van der Waals surface area contributed by atoms with E-state index in [1.807, 2.05) is 6.92 Å². The molecule has 0 saturated heterocycles. The lowest BCUT2D eigenvalue weighted by Gasteiger charge is -2.25. The Morgan fingerprint density at radius 2 is 2.00 bits per heavy atom. The Bertz CT molecular complexity index is 490. The van der Waals surface area contributed by atoms with E-state index in [9.17, 15) is 8.42 Å². The van der Waals surface area contributed by atoms with Gasteiger partial charge in [0.15, 0.2) is 5.96 Å². The number of hydrogen-bond acceptors (Lipinski definition) is 3. The molecule has 0 heterocycles. The van der Waals surface area contributed by atoms with Gasteiger partial charge in [0.1, 0.15) is 0 Å². The minimum Gasteiger partial charge on any atom is -0.357 e. The predicted molar refractivity (Wildman–Crippen MR) is 90.4 cm³/mol. The van der Waals surface area contributed by atoms with Crippen molar-refractivity contribution >= 4 is 16.0 Å². The van der Waals surface area contributed by atoms with Crippen molar-refractivity contribution in [2.75, 3.05) is 25.4 Å². The van der Waals surface area contributed by atoms with Gasteiger partial charge in [-0.05, 0) is 38.5 Å². The standard InChI is InChI=1S/C15H28N4O2S/c1-2-16-15(19-14-8-3-4-9-14)17-10-11-22(20,21)18-12-13-6-5-7-13/h3-4,13-14,18H,2,5-12H2,1H3,(H2,16,17,19). The number of hydrogen-bond donors (Lipinski definition) is 3. The van der Waals surface area contributed by atoms with E-state index in [-0.39, 0.29) is 12.3 Å². The summed E-state index contributed by atoms with van der Waals surface area (Å²) in [5, 5.41) is 6.49. The molecule has 7 heteroatoms. The Morgan fingerprint density at radius 1 is 1.27 bits per heavy atom. The van der Waals surface area contributed by atoms with Crippen molar-refractivity contribution in [3.8, 4) is 0 Å². The molecule has 0 spiro atoms. The molecule has 1 fully saturated rings. The zero-order chi connectivity index (χ0) is 15.8. The molecule has 0 atom stereocenters. The highest BCUT2D eigenvalue weighted by Crippen LogP contribution is 2.25. The molecule has 2 aliphatic carbocycles. The lowest BCUT2D eigenvalue weighted by molar-refractivity contribution is 0.316. The first-order valence-corrected chi connectivity index (χ1v) is 9.91. The van der Waals surface area contributed by atoms with Crippen LogP contribution in [-0.4, -0.2) is 45.8 Å². The highest BCUT2D eigenvalue weighted by molar-refractivity contribution is 7.89. The highest BCUT2D eigenvalue weighted by Gasteiger charge is 2.20. The molecule has 0 aromatic carbocycles. The SMILES string of the molecule is CCNC(=NCCS(=O)(=O)NCC1CCC1)NC1CC=CC1. The van der Waals surface area contributed by atoms with Crippen LogP contribution in [0.25, 0.3) is 0 Å². The maximum absolute atomic E-state index is 11.9. The first-order valence-electron chi connectivity index (χ1n) is 8.26. The molecule has 2 aliphatic rings. The van der Waals surface area contributed by atoms with Crippen LogP contribution < -0.4 is 15.4 Å². The second-order valence-electron chi connectivity index (χ2n) is 6.01. The van der Waals surface area contributed by atoms with Crippen molar-refractivity contribution in [1.29, 1.82) is 0 Å². The molecule has 2 rings (SSSR count). The first-order chi connectivity index (χ1) is 10.6. The molecule has 0 aromatic rings. The van der Waals surface area contributed by atoms with Crippen molar-refractivity contribution in [3.05, 3.63) is 12.2 Å². The molecule has 126 valence electrons. The van der Waals surface area contributed by atoms with E-state index in [1.165, 1.54) is 6.42 Å². The molecule has 1 saturated carbocycles. The van der Waals surface area contributed by atoms with Crippen LogP contribution in [0.5, 0.6) is 0 Å². The summed E-state index contributed by atoms with van der Waals surface area (Å²) in [6.07, 6.45) is 9.79. The number of sulfonamides is 1. The van der Waals surface area contributed by atoms with Gasteiger partial charge in [-0.2, -0.15) is 0 Å². The topological polar surface area (TPSA) is 82.6 Å². The van der Waals surface area contributed by atoms with Crippen LogP contribution in [0, 0.1) is 5.92 Å². The van der Waals surface area contributed by atoms with Crippen molar-refractivity contribution in [2.45, 2.75) is 45.1 Å². The summed E-state index contributed by atoms with van der Waals surface area (Å²) in [5.41, 5.74) is 0. The summed E-state index contributed by atoms with van der Waals surface area (Å²) in [6, 6.07) is 0.367. The molecule has 0 unspecified atom stereocenters. The molecule has 0 aromatic heterocycles.